The SMILES string of the molecule is COC(=O)c1cc(NC(=O)C2(c3ccc(F)cc3)CCC2)cc(C(=O)OC)c1. The van der Waals surface area contributed by atoms with Gasteiger partial charge < -0.3 is 14.8 Å². The van der Waals surface area contributed by atoms with Crippen LogP contribution in [0.4, 0.5) is 10.1 Å². The molecule has 0 radical (unpaired) electrons. The van der Waals surface area contributed by atoms with Gasteiger partial charge in [-0.2, -0.15) is 0 Å². The molecular weight excluding hydrogens is 365 g/mol. The molecular formula is C21H20FNO5. The maximum absolute atomic E-state index is 13.3. The van der Waals surface area contributed by atoms with E-state index < -0.39 is 17.4 Å². The van der Waals surface area contributed by atoms with Crippen molar-refractivity contribution in [3.63, 3.8) is 0 Å². The lowest BCUT2D eigenvalue weighted by Gasteiger charge is -2.40. The zero-order valence-corrected chi connectivity index (χ0v) is 15.6. The second kappa shape index (κ2) is 7.80. The maximum atomic E-state index is 13.3. The van der Waals surface area contributed by atoms with E-state index in [-0.39, 0.29) is 28.5 Å². The van der Waals surface area contributed by atoms with Gasteiger partial charge in [0.25, 0.3) is 0 Å². The Balaban J connectivity index is 1.93. The Kier molecular flexibility index (Phi) is 5.44. The van der Waals surface area contributed by atoms with Crippen LogP contribution in [-0.4, -0.2) is 32.1 Å². The van der Waals surface area contributed by atoms with Crippen LogP contribution in [0.1, 0.15) is 45.5 Å². The van der Waals surface area contributed by atoms with Gasteiger partial charge in [-0.3, -0.25) is 4.79 Å². The van der Waals surface area contributed by atoms with E-state index in [4.69, 9.17) is 9.47 Å². The van der Waals surface area contributed by atoms with Crippen LogP contribution >= 0.6 is 0 Å². The summed E-state index contributed by atoms with van der Waals surface area (Å²) in [6, 6.07) is 10.1. The normalized spacial score (nSPS) is 14.5. The number of anilines is 1. The molecule has 0 saturated heterocycles. The number of carbonyl (C=O) groups excluding carboxylic acids is 3. The van der Waals surface area contributed by atoms with E-state index in [0.717, 1.165) is 12.0 Å². The minimum atomic E-state index is -0.763. The van der Waals surface area contributed by atoms with Gasteiger partial charge in [-0.15, -0.1) is 0 Å². The van der Waals surface area contributed by atoms with Gasteiger partial charge in [0.2, 0.25) is 5.91 Å². The van der Waals surface area contributed by atoms with Crippen molar-refractivity contribution >= 4 is 23.5 Å². The van der Waals surface area contributed by atoms with Crippen molar-refractivity contribution in [1.29, 1.82) is 0 Å². The van der Waals surface area contributed by atoms with Gasteiger partial charge in [-0.1, -0.05) is 18.6 Å². The van der Waals surface area contributed by atoms with E-state index in [2.05, 4.69) is 5.32 Å². The molecule has 0 atom stereocenters. The van der Waals surface area contributed by atoms with Crippen molar-refractivity contribution < 1.29 is 28.2 Å². The van der Waals surface area contributed by atoms with Crippen LogP contribution in [0.5, 0.6) is 0 Å². The molecule has 2 aromatic rings. The summed E-state index contributed by atoms with van der Waals surface area (Å²) in [6.45, 7) is 0. The van der Waals surface area contributed by atoms with Crippen LogP contribution in [0.2, 0.25) is 0 Å². The number of hydrogen-bond acceptors (Lipinski definition) is 5. The Bertz CT molecular complexity index is 885. The molecule has 0 heterocycles. The number of nitrogens with one attached hydrogen (secondary N) is 1. The number of carbonyl (C=O) groups is 3. The average Bonchev–Trinajstić information content (AvgIpc) is 2.67. The van der Waals surface area contributed by atoms with Gasteiger partial charge in [-0.05, 0) is 48.7 Å². The van der Waals surface area contributed by atoms with Crippen LogP contribution in [0.15, 0.2) is 42.5 Å². The highest BCUT2D eigenvalue weighted by molar-refractivity contribution is 6.03. The number of amides is 1. The van der Waals surface area contributed by atoms with Gasteiger partial charge in [-0.25, -0.2) is 14.0 Å². The van der Waals surface area contributed by atoms with E-state index in [9.17, 15) is 18.8 Å². The highest BCUT2D eigenvalue weighted by Gasteiger charge is 2.45. The molecule has 6 nitrogen and oxygen atoms in total. The molecule has 0 unspecified atom stereocenters. The fourth-order valence-electron chi connectivity index (χ4n) is 3.37. The summed E-state index contributed by atoms with van der Waals surface area (Å²) in [6.07, 6.45) is 2.14. The van der Waals surface area contributed by atoms with E-state index in [1.54, 1.807) is 12.1 Å². The van der Waals surface area contributed by atoms with Crippen molar-refractivity contribution in [2.24, 2.45) is 0 Å². The summed E-state index contributed by atoms with van der Waals surface area (Å²) in [7, 11) is 2.45. The van der Waals surface area contributed by atoms with Crippen LogP contribution in [0.3, 0.4) is 0 Å². The molecule has 1 amide bonds. The largest absolute Gasteiger partial charge is 0.465 e. The summed E-state index contributed by atoms with van der Waals surface area (Å²) in [5.74, 6) is -1.92. The Labute approximate surface area is 161 Å². The van der Waals surface area contributed by atoms with E-state index in [1.165, 1.54) is 44.6 Å². The van der Waals surface area contributed by atoms with Crippen molar-refractivity contribution in [3.8, 4) is 0 Å². The molecule has 7 heteroatoms. The quantitative estimate of drug-likeness (QED) is 0.797. The van der Waals surface area contributed by atoms with Crippen LogP contribution < -0.4 is 5.32 Å². The lowest BCUT2D eigenvalue weighted by Crippen LogP contribution is -2.46. The molecule has 1 N–H and O–H groups in total. The fraction of sp³-hybridized carbons (Fsp3) is 0.286. The van der Waals surface area contributed by atoms with Gasteiger partial charge >= 0.3 is 11.9 Å². The maximum Gasteiger partial charge on any atom is 0.337 e. The lowest BCUT2D eigenvalue weighted by molar-refractivity contribution is -0.124. The molecule has 2 aromatic carbocycles. The third kappa shape index (κ3) is 3.60. The Hall–Kier alpha value is -3.22. The first kappa shape index (κ1) is 19.5. The smallest absolute Gasteiger partial charge is 0.337 e. The standard InChI is InChI=1S/C21H20FNO5/c1-27-18(24)13-10-14(19(25)28-2)12-17(11-13)23-20(26)21(8-3-9-21)15-4-6-16(22)7-5-15/h4-7,10-12H,3,8-9H2,1-2H3,(H,23,26). The number of hydrogen-bond donors (Lipinski definition) is 1. The highest BCUT2D eigenvalue weighted by Crippen LogP contribution is 2.44. The zero-order chi connectivity index (χ0) is 20.3. The van der Waals surface area contributed by atoms with Gasteiger partial charge in [0.05, 0.1) is 30.8 Å². The number of rotatable bonds is 5. The minimum absolute atomic E-state index is 0.116. The molecule has 0 spiro atoms. The topological polar surface area (TPSA) is 81.7 Å². The first-order valence-electron chi connectivity index (χ1n) is 8.79. The Morgan fingerprint density at radius 1 is 0.929 bits per heavy atom. The van der Waals surface area contributed by atoms with E-state index in [0.29, 0.717) is 12.8 Å². The second-order valence-corrected chi connectivity index (χ2v) is 6.68. The monoisotopic (exact) mass is 385 g/mol. The number of benzene rings is 2. The van der Waals surface area contributed by atoms with Gasteiger partial charge in [0, 0.05) is 5.69 Å². The first-order valence-corrected chi connectivity index (χ1v) is 8.79. The molecule has 0 aliphatic heterocycles. The molecule has 0 bridgehead atoms. The predicted octanol–water partition coefficient (Wildman–Crippen LogP) is 3.46. The molecule has 1 aliphatic rings. The zero-order valence-electron chi connectivity index (χ0n) is 15.6. The molecule has 1 fully saturated rings. The summed E-state index contributed by atoms with van der Waals surface area (Å²) < 4.78 is 22.7. The van der Waals surface area contributed by atoms with Gasteiger partial charge in [0.15, 0.2) is 0 Å². The van der Waals surface area contributed by atoms with Crippen LogP contribution in [0.25, 0.3) is 0 Å². The summed E-state index contributed by atoms with van der Waals surface area (Å²) in [4.78, 5) is 36.9. The summed E-state index contributed by atoms with van der Waals surface area (Å²) >= 11 is 0. The second-order valence-electron chi connectivity index (χ2n) is 6.68. The molecule has 146 valence electrons. The molecule has 28 heavy (non-hydrogen) atoms. The van der Waals surface area contributed by atoms with E-state index >= 15 is 0 Å². The predicted molar refractivity (Wildman–Crippen MR) is 99.7 cm³/mol. The molecule has 3 rings (SSSR count). The minimum Gasteiger partial charge on any atom is -0.465 e. The third-order valence-corrected chi connectivity index (χ3v) is 5.07. The highest BCUT2D eigenvalue weighted by atomic mass is 19.1. The molecule has 1 aliphatic carbocycles. The summed E-state index contributed by atoms with van der Waals surface area (Å²) in [5.41, 5.74) is 0.479. The van der Waals surface area contributed by atoms with E-state index in [1.807, 2.05) is 0 Å². The third-order valence-electron chi connectivity index (χ3n) is 5.07. The number of methoxy groups -OCH3 is 2. The Morgan fingerprint density at radius 2 is 1.46 bits per heavy atom. The van der Waals surface area contributed by atoms with Crippen molar-refractivity contribution in [2.45, 2.75) is 24.7 Å². The van der Waals surface area contributed by atoms with Crippen molar-refractivity contribution in [3.05, 3.63) is 65.0 Å². The number of halogens is 1. The van der Waals surface area contributed by atoms with Gasteiger partial charge in [0.1, 0.15) is 5.82 Å². The van der Waals surface area contributed by atoms with Crippen molar-refractivity contribution in [2.75, 3.05) is 19.5 Å². The van der Waals surface area contributed by atoms with Crippen LogP contribution in [0, 0.1) is 5.82 Å². The fourth-order valence-corrected chi connectivity index (χ4v) is 3.37. The number of ether oxygens (including phenoxy) is 2. The Morgan fingerprint density at radius 3 is 1.89 bits per heavy atom. The average molecular weight is 385 g/mol. The van der Waals surface area contributed by atoms with Crippen molar-refractivity contribution in [1.82, 2.24) is 0 Å². The summed E-state index contributed by atoms with van der Waals surface area (Å²) in [5, 5.41) is 2.79. The lowest BCUT2D eigenvalue weighted by atomic mass is 9.64. The number of esters is 2. The van der Waals surface area contributed by atoms with Crippen LogP contribution in [-0.2, 0) is 19.7 Å². The molecule has 1 saturated carbocycles. The molecule has 0 aromatic heterocycles. The first-order chi connectivity index (χ1) is 13.4.